The predicted molar refractivity (Wildman–Crippen MR) is 356 cm³/mol. The highest BCUT2D eigenvalue weighted by Gasteiger charge is 2.22. The van der Waals surface area contributed by atoms with Gasteiger partial charge in [0.25, 0.3) is 17.7 Å². The van der Waals surface area contributed by atoms with Crippen molar-refractivity contribution in [3.63, 3.8) is 0 Å². The summed E-state index contributed by atoms with van der Waals surface area (Å²) in [5.74, 6) is -1.98. The number of H-pyrrole nitrogens is 2. The number of allylic oxidation sites excluding steroid dienone is 2. The maximum absolute atomic E-state index is 14.0. The Morgan fingerprint density at radius 1 is 0.649 bits per heavy atom. The van der Waals surface area contributed by atoms with Crippen LogP contribution in [0.15, 0.2) is 107 Å². The van der Waals surface area contributed by atoms with Crippen LogP contribution in [0.1, 0.15) is 121 Å². The zero-order chi connectivity index (χ0) is 66.4. The van der Waals surface area contributed by atoms with Crippen molar-refractivity contribution in [1.29, 1.82) is 0 Å². The van der Waals surface area contributed by atoms with Crippen LogP contribution in [-0.4, -0.2) is 160 Å². The minimum atomic E-state index is -0.666. The van der Waals surface area contributed by atoms with Crippen molar-refractivity contribution in [2.24, 2.45) is 21.5 Å². The molecule has 6 amide bonds. The van der Waals surface area contributed by atoms with Gasteiger partial charge in [-0.3, -0.25) is 38.1 Å². The fraction of sp³-hybridized carbons (Fsp3) is 0.388. The number of carbonyl (C=O) groups is 6. The SMILES string of the molecule is CCn1nc(C)cc1C(=O)/N=c1/[nH]c2cc(C(N)=O)cc(OC)c2n1C/C=C/Cn1/c(=N\C(=O)c2cc(C)nn2CC)[nH]c2cc(C(N)=O)cc(OCCCN3CCN(CCCCCCCNC(=O)Cn4ccc5cc(C(=O)NCCc6ccc(N)cc6)cnc54)CC3)c21. The van der Waals surface area contributed by atoms with E-state index >= 15 is 0 Å². The monoisotopic (exact) mass is 1280 g/mol. The lowest BCUT2D eigenvalue weighted by Crippen LogP contribution is -2.46. The normalized spacial score (nSPS) is 13.5. The molecule has 3 aromatic carbocycles. The number of carbonyl (C=O) groups excluding carboxylic acids is 6. The number of hydrogen-bond acceptors (Lipinski definition) is 14. The number of aromatic amines is 2. The third-order valence-corrected chi connectivity index (χ3v) is 16.7. The van der Waals surface area contributed by atoms with Crippen molar-refractivity contribution in [2.75, 3.05) is 71.8 Å². The van der Waals surface area contributed by atoms with E-state index in [1.54, 1.807) is 79.5 Å². The molecule has 1 fully saturated rings. The number of imidazole rings is 2. The van der Waals surface area contributed by atoms with Gasteiger partial charge in [-0.25, -0.2) is 4.98 Å². The zero-order valence-corrected chi connectivity index (χ0v) is 54.0. The highest BCUT2D eigenvalue weighted by molar-refractivity contribution is 6.00. The summed E-state index contributed by atoms with van der Waals surface area (Å²) < 4.78 is 20.8. The van der Waals surface area contributed by atoms with Crippen LogP contribution in [0.5, 0.6) is 11.5 Å². The van der Waals surface area contributed by atoms with E-state index in [-0.39, 0.29) is 53.8 Å². The number of methoxy groups -OCH3 is 1. The molecule has 0 atom stereocenters. The molecule has 0 bridgehead atoms. The predicted octanol–water partition coefficient (Wildman–Crippen LogP) is 5.30. The molecule has 1 aliphatic rings. The van der Waals surface area contributed by atoms with Gasteiger partial charge in [-0.05, 0) is 126 Å². The number of hydrogen-bond donors (Lipinski definition) is 7. The molecule has 9 aromatic rings. The molecule has 27 heteroatoms. The van der Waals surface area contributed by atoms with E-state index in [4.69, 9.17) is 26.7 Å². The molecule has 1 aliphatic heterocycles. The lowest BCUT2D eigenvalue weighted by molar-refractivity contribution is -0.121. The first-order chi connectivity index (χ1) is 45.5. The molecule has 27 nitrogen and oxygen atoms in total. The van der Waals surface area contributed by atoms with Crippen molar-refractivity contribution in [3.8, 4) is 11.5 Å². The molecule has 0 radical (unpaired) electrons. The lowest BCUT2D eigenvalue weighted by atomic mass is 10.1. The van der Waals surface area contributed by atoms with E-state index in [1.807, 2.05) is 62.5 Å². The Labute approximate surface area is 542 Å². The number of anilines is 1. The van der Waals surface area contributed by atoms with Gasteiger partial charge in [-0.2, -0.15) is 20.2 Å². The molecule has 0 unspecified atom stereocenters. The van der Waals surface area contributed by atoms with Crippen LogP contribution in [0.25, 0.3) is 33.1 Å². The number of benzene rings is 3. The number of primary amides is 2. The number of fused-ring (bicyclic) bond motifs is 3. The summed E-state index contributed by atoms with van der Waals surface area (Å²) in [6.07, 6.45) is 13.7. The van der Waals surface area contributed by atoms with Crippen molar-refractivity contribution < 1.29 is 38.2 Å². The average Bonchev–Trinajstić information content (AvgIpc) is 1.62. The molecule has 7 heterocycles. The van der Waals surface area contributed by atoms with Gasteiger partial charge in [0.15, 0.2) is 0 Å². The van der Waals surface area contributed by atoms with Crippen LogP contribution < -0.4 is 48.5 Å². The number of nitrogen functional groups attached to an aromatic ring is 1. The molecule has 0 spiro atoms. The van der Waals surface area contributed by atoms with Gasteiger partial charge in [-0.15, -0.1) is 0 Å². The van der Waals surface area contributed by atoms with Crippen LogP contribution in [0, 0.1) is 13.8 Å². The first-order valence-electron chi connectivity index (χ1n) is 32.0. The molecule has 0 aliphatic carbocycles. The number of unbranched alkanes of at least 4 members (excludes halogenated alkanes) is 4. The summed E-state index contributed by atoms with van der Waals surface area (Å²) >= 11 is 0. The van der Waals surface area contributed by atoms with Crippen molar-refractivity contribution in [1.82, 2.24) is 68.6 Å². The number of ether oxygens (including phenoxy) is 2. The summed E-state index contributed by atoms with van der Waals surface area (Å²) in [5, 5.41) is 15.7. The number of rotatable bonds is 30. The van der Waals surface area contributed by atoms with Crippen molar-refractivity contribution >= 4 is 74.2 Å². The Hall–Kier alpha value is -10.4. The zero-order valence-electron chi connectivity index (χ0n) is 54.0. The number of piperazine rings is 1. The van der Waals surface area contributed by atoms with Gasteiger partial charge in [0, 0.05) is 107 Å². The van der Waals surface area contributed by atoms with Gasteiger partial charge in [0.1, 0.15) is 46.1 Å². The topological polar surface area (TPSA) is 349 Å². The van der Waals surface area contributed by atoms with E-state index in [0.29, 0.717) is 119 Å². The number of nitrogens with one attached hydrogen (secondary N) is 4. The maximum atomic E-state index is 14.0. The summed E-state index contributed by atoms with van der Waals surface area (Å²) in [6, 6.07) is 20.9. The first-order valence-corrected chi connectivity index (χ1v) is 32.0. The minimum absolute atomic E-state index is 0.0826. The molecule has 0 saturated carbocycles. The fourth-order valence-corrected chi connectivity index (χ4v) is 11.8. The smallest absolute Gasteiger partial charge is 0.298 e. The Morgan fingerprint density at radius 3 is 1.78 bits per heavy atom. The van der Waals surface area contributed by atoms with Gasteiger partial charge >= 0.3 is 0 Å². The number of aromatic nitrogens is 10. The molecule has 1 saturated heterocycles. The molecular weight excluding hydrogens is 1200 g/mol. The van der Waals surface area contributed by atoms with Gasteiger partial charge in [-0.1, -0.05) is 43.5 Å². The van der Waals surface area contributed by atoms with E-state index < -0.39 is 23.6 Å². The third kappa shape index (κ3) is 16.2. The van der Waals surface area contributed by atoms with Crippen LogP contribution >= 0.6 is 0 Å². The van der Waals surface area contributed by atoms with E-state index in [2.05, 4.69) is 55.6 Å². The highest BCUT2D eigenvalue weighted by Crippen LogP contribution is 2.29. The molecule has 494 valence electrons. The van der Waals surface area contributed by atoms with E-state index in [1.165, 1.54) is 13.2 Å². The summed E-state index contributed by atoms with van der Waals surface area (Å²) in [5.41, 5.74) is 25.0. The van der Waals surface area contributed by atoms with Crippen molar-refractivity contribution in [2.45, 2.75) is 105 Å². The number of nitrogens with two attached hydrogens (primary N) is 3. The minimum Gasteiger partial charge on any atom is -0.494 e. The molecule has 10 N–H and O–H groups in total. The second kappa shape index (κ2) is 30.8. The number of aryl methyl sites for hydroxylation is 4. The first kappa shape index (κ1) is 66.5. The van der Waals surface area contributed by atoms with Crippen LogP contribution in [0.2, 0.25) is 0 Å². The number of pyridine rings is 1. The summed E-state index contributed by atoms with van der Waals surface area (Å²) in [6.45, 7) is 15.7. The van der Waals surface area contributed by atoms with Crippen LogP contribution in [0.3, 0.4) is 0 Å². The Bertz CT molecular complexity index is 4410. The largest absolute Gasteiger partial charge is 0.494 e. The molecule has 10 rings (SSSR count). The summed E-state index contributed by atoms with van der Waals surface area (Å²) in [7, 11) is 1.47. The number of amides is 6. The van der Waals surface area contributed by atoms with Gasteiger partial charge in [0.05, 0.1) is 41.7 Å². The standard InChI is InChI=1S/C67H83N19O8/c1-6-85-53(34-43(3)78-85)64(91)76-66-74-51-37-47(60(69)88)39-55(93-5)58(51)83(66)26-13-14-27-84-59-52(75-67(84)77-65(92)54-35-44(4)79-86(54)7-2)38-48(61(70)89)40-56(59)94-33-15-25-81-31-29-80(30-32-81)24-12-10-8-9-11-22-71-57(87)42-82-28-21-46-36-49(41-73-62(46)82)63(90)72-23-20-45-16-18-50(68)19-17-45/h13-14,16-19,21,28,34-41H,6-12,15,20,22-27,29-33,42,68H2,1-5H3,(H2,69,88)(H2,70,89)(H,71,87)(H,72,90)(H,74,76,91)(H,75,77,92)/b14-13+. The Balaban J connectivity index is 0.719. The van der Waals surface area contributed by atoms with Crippen LogP contribution in [0.4, 0.5) is 5.69 Å². The second-order valence-corrected chi connectivity index (χ2v) is 23.4. The van der Waals surface area contributed by atoms with Gasteiger partial charge in [0.2, 0.25) is 29.0 Å². The third-order valence-electron chi connectivity index (χ3n) is 16.7. The molecule has 6 aromatic heterocycles. The quantitative estimate of drug-likeness (QED) is 0.0171. The Kier molecular flexibility index (Phi) is 21.8. The average molecular weight is 1280 g/mol. The number of nitrogens with zero attached hydrogens (tertiary/aromatic N) is 12. The van der Waals surface area contributed by atoms with Crippen molar-refractivity contribution in [3.05, 3.63) is 154 Å². The van der Waals surface area contributed by atoms with E-state index in [9.17, 15) is 28.8 Å². The molecule has 94 heavy (non-hydrogen) atoms. The fourth-order valence-electron chi connectivity index (χ4n) is 11.8. The van der Waals surface area contributed by atoms with Gasteiger partial charge < -0.3 is 70.8 Å². The summed E-state index contributed by atoms with van der Waals surface area (Å²) in [4.78, 5) is 104. The highest BCUT2D eigenvalue weighted by atomic mass is 16.5. The van der Waals surface area contributed by atoms with E-state index in [0.717, 1.165) is 82.3 Å². The molecular formula is C67H83N19O8. The lowest BCUT2D eigenvalue weighted by Gasteiger charge is -2.34. The van der Waals surface area contributed by atoms with Crippen LogP contribution in [-0.2, 0) is 43.9 Å². The second-order valence-electron chi connectivity index (χ2n) is 23.4. The Morgan fingerprint density at radius 2 is 1.20 bits per heavy atom. The maximum Gasteiger partial charge on any atom is 0.298 e.